The topological polar surface area (TPSA) is 307 Å². The second kappa shape index (κ2) is 62.8. The Hall–Kier alpha value is -2.25. The van der Waals surface area contributed by atoms with Gasteiger partial charge < -0.3 is 89.9 Å². The van der Waals surface area contributed by atoms with E-state index in [4.69, 9.17) is 28.4 Å². The largest absolute Gasteiger partial charge is 0.394 e. The number of amides is 1. The molecular formula is C82H151NO18. The van der Waals surface area contributed by atoms with Crippen molar-refractivity contribution in [1.82, 2.24) is 5.32 Å². The van der Waals surface area contributed by atoms with Crippen LogP contribution < -0.4 is 5.32 Å². The lowest BCUT2D eigenvalue weighted by molar-refractivity contribution is -0.379. The van der Waals surface area contributed by atoms with Crippen molar-refractivity contribution in [3.63, 3.8) is 0 Å². The van der Waals surface area contributed by atoms with Crippen LogP contribution in [0.2, 0.25) is 0 Å². The minimum Gasteiger partial charge on any atom is -0.394 e. The molecule has 19 heteroatoms. The Kier molecular flexibility index (Phi) is 57.8. The van der Waals surface area contributed by atoms with Crippen LogP contribution in [0.4, 0.5) is 0 Å². The molecule has 3 saturated heterocycles. The first kappa shape index (κ1) is 93.0. The van der Waals surface area contributed by atoms with Crippen molar-refractivity contribution in [3.8, 4) is 0 Å². The van der Waals surface area contributed by atoms with E-state index in [9.17, 15) is 61.0 Å². The fourth-order valence-electron chi connectivity index (χ4n) is 13.9. The molecule has 592 valence electrons. The number of rotatable bonds is 66. The van der Waals surface area contributed by atoms with Gasteiger partial charge >= 0.3 is 0 Å². The van der Waals surface area contributed by atoms with Crippen LogP contribution in [0.25, 0.3) is 0 Å². The first-order valence-electron chi connectivity index (χ1n) is 41.4. The van der Waals surface area contributed by atoms with E-state index in [0.29, 0.717) is 12.8 Å². The molecule has 0 aliphatic carbocycles. The molecule has 0 radical (unpaired) electrons. The van der Waals surface area contributed by atoms with Gasteiger partial charge in [-0.15, -0.1) is 0 Å². The van der Waals surface area contributed by atoms with Gasteiger partial charge in [0.15, 0.2) is 18.9 Å². The zero-order valence-electron chi connectivity index (χ0n) is 63.4. The summed E-state index contributed by atoms with van der Waals surface area (Å²) in [5.41, 5.74) is 0. The third-order valence-corrected chi connectivity index (χ3v) is 20.6. The second-order valence-corrected chi connectivity index (χ2v) is 29.6. The number of hydrogen-bond donors (Lipinski definition) is 12. The molecule has 0 aromatic rings. The number of hydrogen-bond acceptors (Lipinski definition) is 18. The molecule has 0 aromatic heterocycles. The van der Waals surface area contributed by atoms with Crippen molar-refractivity contribution in [2.75, 3.05) is 26.4 Å². The number of ether oxygens (including phenoxy) is 6. The standard InChI is InChI=1S/C82H151NO18/c1-3-5-7-9-11-13-15-17-19-21-23-25-27-29-31-32-34-35-37-39-41-43-45-47-49-51-53-55-57-59-66(87)65(83-70(88)60-58-56-54-52-50-48-46-44-42-40-38-36-33-30-28-26-24-22-20-18-16-14-12-10-8-6-4-2)64-96-80-76(94)73(91)78(68(62-85)98-80)101-82-77(95)74(92)79(69(63-86)99-82)100-81-75(93)72(90)71(89)67(61-84)97-81/h16,18,22,24,49,51,57,59,65-69,71-82,84-87,89-95H,3-15,17,19-21,23,25-48,50,52-56,58,60-64H2,1-2H3,(H,83,88)/b18-16-,24-22-,51-49+,59-57+. The monoisotopic (exact) mass is 1440 g/mol. The smallest absolute Gasteiger partial charge is 0.220 e. The molecule has 0 saturated carbocycles. The van der Waals surface area contributed by atoms with Gasteiger partial charge in [-0.2, -0.15) is 0 Å². The molecule has 19 nitrogen and oxygen atoms in total. The van der Waals surface area contributed by atoms with Crippen LogP contribution in [0.1, 0.15) is 335 Å². The van der Waals surface area contributed by atoms with Gasteiger partial charge in [0.05, 0.1) is 38.6 Å². The number of unbranched alkanes of at least 4 members (excludes halogenated alkanes) is 44. The number of carbonyl (C=O) groups is 1. The molecule has 0 bridgehead atoms. The molecule has 3 rings (SSSR count). The molecule has 3 fully saturated rings. The fraction of sp³-hybridized carbons (Fsp3) is 0.890. The molecule has 101 heavy (non-hydrogen) atoms. The van der Waals surface area contributed by atoms with Gasteiger partial charge in [-0.1, -0.05) is 313 Å². The van der Waals surface area contributed by atoms with Gasteiger partial charge in [0.1, 0.15) is 73.2 Å². The van der Waals surface area contributed by atoms with E-state index in [-0.39, 0.29) is 18.9 Å². The van der Waals surface area contributed by atoms with Gasteiger partial charge in [-0.3, -0.25) is 4.79 Å². The van der Waals surface area contributed by atoms with Gasteiger partial charge in [-0.25, -0.2) is 0 Å². The van der Waals surface area contributed by atoms with Gasteiger partial charge in [0.2, 0.25) is 5.91 Å². The third-order valence-electron chi connectivity index (χ3n) is 20.6. The quantitative estimate of drug-likeness (QED) is 0.0199. The summed E-state index contributed by atoms with van der Waals surface area (Å²) in [7, 11) is 0. The van der Waals surface area contributed by atoms with Crippen molar-refractivity contribution in [2.24, 2.45) is 0 Å². The van der Waals surface area contributed by atoms with Crippen molar-refractivity contribution in [3.05, 3.63) is 48.6 Å². The maximum Gasteiger partial charge on any atom is 0.220 e. The van der Waals surface area contributed by atoms with E-state index >= 15 is 0 Å². The molecule has 17 unspecified atom stereocenters. The lowest BCUT2D eigenvalue weighted by atomic mass is 9.96. The van der Waals surface area contributed by atoms with Crippen molar-refractivity contribution in [2.45, 2.75) is 439 Å². The maximum absolute atomic E-state index is 13.5. The first-order chi connectivity index (χ1) is 49.3. The van der Waals surface area contributed by atoms with E-state index in [0.717, 1.165) is 44.9 Å². The lowest BCUT2D eigenvalue weighted by Gasteiger charge is -2.48. The summed E-state index contributed by atoms with van der Waals surface area (Å²) in [6, 6.07) is -0.992. The predicted octanol–water partition coefficient (Wildman–Crippen LogP) is 14.1. The van der Waals surface area contributed by atoms with E-state index in [1.807, 2.05) is 6.08 Å². The number of carbonyl (C=O) groups excluding carboxylic acids is 1. The molecule has 3 aliphatic heterocycles. The summed E-state index contributed by atoms with van der Waals surface area (Å²) < 4.78 is 34.5. The summed E-state index contributed by atoms with van der Waals surface area (Å²) >= 11 is 0. The third kappa shape index (κ3) is 42.8. The summed E-state index contributed by atoms with van der Waals surface area (Å²) in [4.78, 5) is 13.5. The van der Waals surface area contributed by atoms with Crippen LogP contribution in [-0.2, 0) is 33.2 Å². The van der Waals surface area contributed by atoms with Crippen LogP contribution >= 0.6 is 0 Å². The number of nitrogens with one attached hydrogen (secondary N) is 1. The van der Waals surface area contributed by atoms with Gasteiger partial charge in [-0.05, 0) is 64.2 Å². The Morgan fingerprint density at radius 3 is 1.05 bits per heavy atom. The molecule has 3 aliphatic rings. The van der Waals surface area contributed by atoms with Crippen LogP contribution in [0.3, 0.4) is 0 Å². The number of aliphatic hydroxyl groups excluding tert-OH is 11. The molecule has 1 amide bonds. The molecule has 12 N–H and O–H groups in total. The van der Waals surface area contributed by atoms with Gasteiger partial charge in [0, 0.05) is 6.42 Å². The normalized spacial score (nSPS) is 26.5. The maximum atomic E-state index is 13.5. The van der Waals surface area contributed by atoms with Crippen molar-refractivity contribution in [1.29, 1.82) is 0 Å². The lowest BCUT2D eigenvalue weighted by Crippen LogP contribution is -2.66. The summed E-state index contributed by atoms with van der Waals surface area (Å²) in [6.45, 7) is 1.76. The summed E-state index contributed by atoms with van der Waals surface area (Å²) in [5.74, 6) is -0.281. The number of allylic oxidation sites excluding steroid dienone is 7. The molecular weight excluding hydrogens is 1290 g/mol. The average Bonchev–Trinajstić information content (AvgIpc) is 0.782. The Morgan fingerprint density at radius 2 is 0.663 bits per heavy atom. The Morgan fingerprint density at radius 1 is 0.356 bits per heavy atom. The minimum atomic E-state index is -1.98. The SMILES string of the molecule is CCCCCCC/C=C\C/C=C\CCCCCCCCCCCCCCCCCC(=O)NC(COC1OC(CO)C(OC2OC(CO)C(OC3OC(CO)C(O)C(O)C3O)C(O)C2O)C(O)C1O)C(O)/C=C/CC/C=C/CCCCCCCCCCCCCCCCCCCCCCCCC. The van der Waals surface area contributed by atoms with Crippen LogP contribution in [0.15, 0.2) is 48.6 Å². The molecule has 0 spiro atoms. The van der Waals surface area contributed by atoms with E-state index < -0.39 is 124 Å². The zero-order valence-corrected chi connectivity index (χ0v) is 63.4. The molecule has 0 aromatic carbocycles. The van der Waals surface area contributed by atoms with Crippen molar-refractivity contribution < 1.29 is 89.4 Å². The Bertz CT molecular complexity index is 2010. The number of aliphatic hydroxyl groups is 11. The summed E-state index contributed by atoms with van der Waals surface area (Å²) in [6.07, 6.45) is 52.5. The van der Waals surface area contributed by atoms with E-state index in [2.05, 4.69) is 55.6 Å². The van der Waals surface area contributed by atoms with E-state index in [1.54, 1.807) is 6.08 Å². The highest BCUT2D eigenvalue weighted by atomic mass is 16.8. The predicted molar refractivity (Wildman–Crippen MR) is 402 cm³/mol. The fourth-order valence-corrected chi connectivity index (χ4v) is 13.9. The van der Waals surface area contributed by atoms with Gasteiger partial charge in [0.25, 0.3) is 0 Å². The highest BCUT2D eigenvalue weighted by Gasteiger charge is 2.54. The highest BCUT2D eigenvalue weighted by molar-refractivity contribution is 5.76. The Labute approximate surface area is 612 Å². The minimum absolute atomic E-state index is 0.236. The molecule has 3 heterocycles. The highest BCUT2D eigenvalue weighted by Crippen LogP contribution is 2.33. The van der Waals surface area contributed by atoms with Crippen LogP contribution in [-0.4, -0.2) is 193 Å². The zero-order chi connectivity index (χ0) is 73.2. The Balaban J connectivity index is 1.38. The summed E-state index contributed by atoms with van der Waals surface area (Å²) in [5, 5.41) is 121. The molecule has 17 atom stereocenters. The van der Waals surface area contributed by atoms with Crippen LogP contribution in [0, 0.1) is 0 Å². The van der Waals surface area contributed by atoms with Crippen molar-refractivity contribution >= 4 is 5.91 Å². The van der Waals surface area contributed by atoms with Crippen LogP contribution in [0.5, 0.6) is 0 Å². The first-order valence-corrected chi connectivity index (χ1v) is 41.4. The van der Waals surface area contributed by atoms with E-state index in [1.165, 1.54) is 257 Å². The average molecular weight is 1440 g/mol. The second-order valence-electron chi connectivity index (χ2n) is 29.6.